The summed E-state index contributed by atoms with van der Waals surface area (Å²) in [7, 11) is 1.67. The van der Waals surface area contributed by atoms with Gasteiger partial charge in [0.1, 0.15) is 5.75 Å². The molecule has 5 rings (SSSR count). The first-order valence-electron chi connectivity index (χ1n) is 8.83. The van der Waals surface area contributed by atoms with Gasteiger partial charge in [0.15, 0.2) is 5.78 Å². The predicted molar refractivity (Wildman–Crippen MR) is 105 cm³/mol. The summed E-state index contributed by atoms with van der Waals surface area (Å²) < 4.78 is 8.46. The largest absolute Gasteiger partial charge is 0.496 e. The van der Waals surface area contributed by atoms with Gasteiger partial charge in [-0.15, -0.1) is 0 Å². The van der Waals surface area contributed by atoms with Crippen LogP contribution in [0.1, 0.15) is 34.0 Å². The number of para-hydroxylation sites is 2. The molecule has 5 nitrogen and oxygen atoms in total. The van der Waals surface area contributed by atoms with E-state index in [0.29, 0.717) is 12.0 Å². The van der Waals surface area contributed by atoms with Gasteiger partial charge in [0.25, 0.3) is 0 Å². The number of hydrogen-bond acceptors (Lipinski definition) is 5. The molecule has 0 saturated heterocycles. The molecule has 1 atom stereocenters. The summed E-state index contributed by atoms with van der Waals surface area (Å²) in [5, 5.41) is 5.29. The van der Waals surface area contributed by atoms with Crippen LogP contribution in [0.25, 0.3) is 15.3 Å². The minimum absolute atomic E-state index is 0.0750. The number of benzene rings is 2. The number of ketones is 1. The number of nitrogens with zero attached hydrogens (tertiary/aromatic N) is 3. The van der Waals surface area contributed by atoms with E-state index >= 15 is 0 Å². The summed E-state index contributed by atoms with van der Waals surface area (Å²) in [6.07, 6.45) is 2.89. The van der Waals surface area contributed by atoms with E-state index in [2.05, 4.69) is 11.2 Å². The first-order chi connectivity index (χ1) is 13.2. The molecule has 0 N–H and O–H groups in total. The van der Waals surface area contributed by atoms with Crippen LogP contribution in [0.2, 0.25) is 0 Å². The highest BCUT2D eigenvalue weighted by atomic mass is 32.1. The Morgan fingerprint density at radius 1 is 1.11 bits per heavy atom. The second-order valence-corrected chi connectivity index (χ2v) is 7.66. The molecule has 0 bridgehead atoms. The smallest absolute Gasteiger partial charge is 0.211 e. The minimum atomic E-state index is 0.0750. The number of rotatable bonds is 3. The van der Waals surface area contributed by atoms with Crippen LogP contribution in [0.4, 0.5) is 0 Å². The fraction of sp³-hybridized carbons (Fsp3) is 0.190. The van der Waals surface area contributed by atoms with Crippen LogP contribution in [0.5, 0.6) is 5.75 Å². The van der Waals surface area contributed by atoms with E-state index in [4.69, 9.17) is 9.72 Å². The van der Waals surface area contributed by atoms with Crippen molar-refractivity contribution in [2.24, 2.45) is 0 Å². The third-order valence-electron chi connectivity index (χ3n) is 5.08. The van der Waals surface area contributed by atoms with Gasteiger partial charge in [0.2, 0.25) is 5.13 Å². The summed E-state index contributed by atoms with van der Waals surface area (Å²) in [6, 6.07) is 16.0. The summed E-state index contributed by atoms with van der Waals surface area (Å²) in [6.45, 7) is 0. The molecule has 2 aromatic carbocycles. The number of fused-ring (bicyclic) bond motifs is 2. The van der Waals surface area contributed by atoms with Crippen LogP contribution in [0.3, 0.4) is 0 Å². The van der Waals surface area contributed by atoms with Crippen molar-refractivity contribution in [2.75, 3.05) is 7.11 Å². The lowest BCUT2D eigenvalue weighted by atomic mass is 9.82. The van der Waals surface area contributed by atoms with Crippen LogP contribution in [-0.2, 0) is 6.42 Å². The number of ether oxygens (including phenoxy) is 1. The Bertz CT molecular complexity index is 1130. The number of thiazole rings is 1. The van der Waals surface area contributed by atoms with E-state index in [0.717, 1.165) is 38.8 Å². The van der Waals surface area contributed by atoms with Gasteiger partial charge in [0.05, 0.1) is 34.8 Å². The zero-order valence-corrected chi connectivity index (χ0v) is 15.6. The van der Waals surface area contributed by atoms with Crippen molar-refractivity contribution in [1.82, 2.24) is 14.8 Å². The molecule has 2 heterocycles. The molecule has 2 aromatic heterocycles. The Morgan fingerprint density at radius 3 is 2.78 bits per heavy atom. The molecule has 1 aliphatic carbocycles. The first kappa shape index (κ1) is 16.2. The Balaban J connectivity index is 1.59. The van der Waals surface area contributed by atoms with Gasteiger partial charge in [-0.2, -0.15) is 5.10 Å². The maximum atomic E-state index is 12.8. The third-order valence-corrected chi connectivity index (χ3v) is 6.10. The van der Waals surface area contributed by atoms with E-state index in [1.54, 1.807) is 24.6 Å². The summed E-state index contributed by atoms with van der Waals surface area (Å²) >= 11 is 1.59. The van der Waals surface area contributed by atoms with E-state index in [9.17, 15) is 4.79 Å². The van der Waals surface area contributed by atoms with Gasteiger partial charge in [0, 0.05) is 12.3 Å². The summed E-state index contributed by atoms with van der Waals surface area (Å²) in [5.41, 5.74) is 3.66. The Morgan fingerprint density at radius 2 is 1.93 bits per heavy atom. The van der Waals surface area contributed by atoms with Crippen LogP contribution in [0.15, 0.2) is 54.7 Å². The summed E-state index contributed by atoms with van der Waals surface area (Å²) in [5.74, 6) is 1.02. The predicted octanol–water partition coefficient (Wildman–Crippen LogP) is 4.40. The monoisotopic (exact) mass is 375 g/mol. The molecular formula is C21H17N3O2S. The van der Waals surface area contributed by atoms with Crippen molar-refractivity contribution >= 4 is 27.3 Å². The molecule has 1 aliphatic rings. The van der Waals surface area contributed by atoms with Crippen LogP contribution >= 0.6 is 11.3 Å². The SMILES string of the molecule is COc1ccccc1[C@@H]1CC(=O)c2cnn(-c3nc4ccccc4s3)c2C1. The van der Waals surface area contributed by atoms with Crippen LogP contribution in [0, 0.1) is 0 Å². The van der Waals surface area contributed by atoms with Gasteiger partial charge < -0.3 is 4.74 Å². The quantitative estimate of drug-likeness (QED) is 0.532. The number of Topliss-reactive ketones (excluding diaryl/α,β-unsaturated/α-hetero) is 1. The van der Waals surface area contributed by atoms with Crippen molar-refractivity contribution in [3.8, 4) is 10.9 Å². The average Bonchev–Trinajstić information content (AvgIpc) is 3.31. The second-order valence-electron chi connectivity index (χ2n) is 6.65. The minimum Gasteiger partial charge on any atom is -0.496 e. The lowest BCUT2D eigenvalue weighted by Gasteiger charge is -2.23. The van der Waals surface area contributed by atoms with Crippen LogP contribution < -0.4 is 4.74 Å². The number of carbonyl (C=O) groups is 1. The third kappa shape index (κ3) is 2.64. The zero-order valence-electron chi connectivity index (χ0n) is 14.8. The highest BCUT2D eigenvalue weighted by Gasteiger charge is 2.32. The molecule has 0 spiro atoms. The van der Waals surface area contributed by atoms with E-state index in [1.165, 1.54) is 0 Å². The average molecular weight is 375 g/mol. The number of methoxy groups -OCH3 is 1. The molecule has 0 fully saturated rings. The van der Waals surface area contributed by atoms with Crippen LogP contribution in [-0.4, -0.2) is 27.7 Å². The van der Waals surface area contributed by atoms with Crippen molar-refractivity contribution in [3.63, 3.8) is 0 Å². The molecule has 0 aliphatic heterocycles. The number of aromatic nitrogens is 3. The fourth-order valence-electron chi connectivity index (χ4n) is 3.78. The molecule has 0 radical (unpaired) electrons. The summed E-state index contributed by atoms with van der Waals surface area (Å²) in [4.78, 5) is 17.5. The molecule has 4 aromatic rings. The number of carbonyl (C=O) groups excluding carboxylic acids is 1. The molecule has 0 unspecified atom stereocenters. The molecule has 134 valence electrons. The Labute approximate surface area is 160 Å². The molecule has 6 heteroatoms. The topological polar surface area (TPSA) is 57.0 Å². The van der Waals surface area contributed by atoms with Gasteiger partial charge in [-0.05, 0) is 30.2 Å². The van der Waals surface area contributed by atoms with E-state index in [-0.39, 0.29) is 11.7 Å². The highest BCUT2D eigenvalue weighted by Crippen LogP contribution is 2.38. The second kappa shape index (κ2) is 6.32. The van der Waals surface area contributed by atoms with Crippen molar-refractivity contribution in [1.29, 1.82) is 0 Å². The normalized spacial score (nSPS) is 16.5. The zero-order chi connectivity index (χ0) is 18.4. The van der Waals surface area contributed by atoms with Crippen molar-refractivity contribution in [3.05, 3.63) is 71.5 Å². The van der Waals surface area contributed by atoms with Gasteiger partial charge in [-0.3, -0.25) is 4.79 Å². The van der Waals surface area contributed by atoms with E-state index in [1.807, 2.05) is 47.1 Å². The fourth-order valence-corrected chi connectivity index (χ4v) is 4.73. The Hall–Kier alpha value is -2.99. The molecule has 0 amide bonds. The van der Waals surface area contributed by atoms with Gasteiger partial charge in [-0.25, -0.2) is 9.67 Å². The maximum Gasteiger partial charge on any atom is 0.211 e. The van der Waals surface area contributed by atoms with E-state index < -0.39 is 0 Å². The Kier molecular flexibility index (Phi) is 3.79. The van der Waals surface area contributed by atoms with Crippen molar-refractivity contribution in [2.45, 2.75) is 18.8 Å². The number of hydrogen-bond donors (Lipinski definition) is 0. The lowest BCUT2D eigenvalue weighted by molar-refractivity contribution is 0.0963. The van der Waals surface area contributed by atoms with Gasteiger partial charge >= 0.3 is 0 Å². The highest BCUT2D eigenvalue weighted by molar-refractivity contribution is 7.20. The maximum absolute atomic E-state index is 12.8. The van der Waals surface area contributed by atoms with Crippen molar-refractivity contribution < 1.29 is 9.53 Å². The lowest BCUT2D eigenvalue weighted by Crippen LogP contribution is -2.20. The first-order valence-corrected chi connectivity index (χ1v) is 9.65. The standard InChI is InChI=1S/C21H17N3O2S/c1-26-19-8-4-2-6-14(19)13-10-17-15(18(25)11-13)12-22-24(17)21-23-16-7-3-5-9-20(16)27-21/h2-9,12-13H,10-11H2,1H3/t13-/m0/s1. The molecule has 0 saturated carbocycles. The molecule has 27 heavy (non-hydrogen) atoms. The molecular weight excluding hydrogens is 358 g/mol. The van der Waals surface area contributed by atoms with Gasteiger partial charge in [-0.1, -0.05) is 41.7 Å².